The van der Waals surface area contributed by atoms with E-state index in [9.17, 15) is 4.79 Å². The topological polar surface area (TPSA) is 17.1 Å². The van der Waals surface area contributed by atoms with E-state index in [1.54, 1.807) is 0 Å². The van der Waals surface area contributed by atoms with E-state index in [2.05, 4.69) is 27.4 Å². The van der Waals surface area contributed by atoms with E-state index in [1.165, 1.54) is 24.0 Å². The molecule has 0 radical (unpaired) electrons. The molecule has 0 aromatic rings. The lowest BCUT2D eigenvalue weighted by molar-refractivity contribution is -0.116. The zero-order chi connectivity index (χ0) is 11.9. The van der Waals surface area contributed by atoms with Crippen LogP contribution in [0, 0.1) is 23.7 Å². The van der Waals surface area contributed by atoms with Gasteiger partial charge in [0.05, 0.1) is 0 Å². The normalized spacial score (nSPS) is 38.9. The first-order chi connectivity index (χ1) is 7.50. The average molecular weight is 218 g/mol. The number of ketones is 1. The Morgan fingerprint density at radius 2 is 2.06 bits per heavy atom. The number of hydrogen-bond donors (Lipinski definition) is 0. The second-order valence-electron chi connectivity index (χ2n) is 5.75. The van der Waals surface area contributed by atoms with E-state index in [-0.39, 0.29) is 0 Å². The fourth-order valence-electron chi connectivity index (χ4n) is 3.54. The van der Waals surface area contributed by atoms with Crippen LogP contribution in [0.4, 0.5) is 0 Å². The molecule has 0 aromatic carbocycles. The molecule has 0 bridgehead atoms. The monoisotopic (exact) mass is 218 g/mol. The lowest BCUT2D eigenvalue weighted by Gasteiger charge is -2.43. The summed E-state index contributed by atoms with van der Waals surface area (Å²) in [5.41, 5.74) is 2.70. The first-order valence-electron chi connectivity index (χ1n) is 6.40. The molecule has 88 valence electrons. The molecule has 1 saturated carbocycles. The van der Waals surface area contributed by atoms with Crippen LogP contribution in [0.3, 0.4) is 0 Å². The van der Waals surface area contributed by atoms with Crippen molar-refractivity contribution < 1.29 is 4.79 Å². The van der Waals surface area contributed by atoms with Crippen LogP contribution >= 0.6 is 0 Å². The highest BCUT2D eigenvalue weighted by atomic mass is 16.1. The summed E-state index contributed by atoms with van der Waals surface area (Å²) in [6, 6.07) is 0. The average Bonchev–Trinajstić information content (AvgIpc) is 2.19. The Kier molecular flexibility index (Phi) is 3.05. The van der Waals surface area contributed by atoms with E-state index in [0.717, 1.165) is 6.42 Å². The summed E-state index contributed by atoms with van der Waals surface area (Å²) in [5, 5.41) is 0. The van der Waals surface area contributed by atoms with Gasteiger partial charge in [0.1, 0.15) is 0 Å². The van der Waals surface area contributed by atoms with Crippen LogP contribution in [0.5, 0.6) is 0 Å². The Morgan fingerprint density at radius 3 is 2.69 bits per heavy atom. The molecule has 1 nitrogen and oxygen atoms in total. The molecule has 0 aromatic heterocycles. The van der Waals surface area contributed by atoms with Gasteiger partial charge in [0, 0.05) is 6.42 Å². The zero-order valence-electron chi connectivity index (χ0n) is 10.6. The molecule has 2 aliphatic carbocycles. The smallest absolute Gasteiger partial charge is 0.155 e. The van der Waals surface area contributed by atoms with Crippen molar-refractivity contribution in [3.05, 3.63) is 23.8 Å². The molecule has 4 atom stereocenters. The molecule has 1 heteroatoms. The second-order valence-corrected chi connectivity index (χ2v) is 5.75. The van der Waals surface area contributed by atoms with Crippen LogP contribution in [0.25, 0.3) is 0 Å². The molecule has 0 heterocycles. The van der Waals surface area contributed by atoms with Crippen molar-refractivity contribution in [3.8, 4) is 0 Å². The van der Waals surface area contributed by atoms with Gasteiger partial charge in [-0.2, -0.15) is 0 Å². The van der Waals surface area contributed by atoms with Crippen molar-refractivity contribution >= 4 is 5.78 Å². The molecule has 2 rings (SSSR count). The lowest BCUT2D eigenvalue weighted by atomic mass is 9.61. The van der Waals surface area contributed by atoms with Crippen LogP contribution in [0.2, 0.25) is 0 Å². The highest BCUT2D eigenvalue weighted by molar-refractivity contribution is 5.91. The largest absolute Gasteiger partial charge is 0.295 e. The molecule has 16 heavy (non-hydrogen) atoms. The standard InChI is InChI=1S/C15H22O/c1-9(2)13-6-5-10(3)14-8-12(16)7-11(4)15(13)14/h8,10-11,13,15H,1,5-7H2,2-4H3. The van der Waals surface area contributed by atoms with E-state index in [0.29, 0.717) is 29.5 Å². The third-order valence-corrected chi connectivity index (χ3v) is 4.39. The van der Waals surface area contributed by atoms with E-state index < -0.39 is 0 Å². The minimum atomic E-state index is 0.327. The molecule has 4 unspecified atom stereocenters. The van der Waals surface area contributed by atoms with Crippen molar-refractivity contribution in [1.29, 1.82) is 0 Å². The molecule has 2 aliphatic rings. The van der Waals surface area contributed by atoms with Gasteiger partial charge < -0.3 is 0 Å². The van der Waals surface area contributed by atoms with E-state index >= 15 is 0 Å². The Hall–Kier alpha value is -0.850. The predicted molar refractivity (Wildman–Crippen MR) is 67.1 cm³/mol. The fraction of sp³-hybridized carbons (Fsp3) is 0.667. The molecule has 0 aliphatic heterocycles. The van der Waals surface area contributed by atoms with Crippen LogP contribution in [0.15, 0.2) is 23.8 Å². The second kappa shape index (κ2) is 4.20. The number of carbonyl (C=O) groups is 1. The summed E-state index contributed by atoms with van der Waals surface area (Å²) in [6.07, 6.45) is 5.12. The fourth-order valence-corrected chi connectivity index (χ4v) is 3.54. The molecule has 0 spiro atoms. The van der Waals surface area contributed by atoms with Gasteiger partial charge in [-0.15, -0.1) is 0 Å². The summed E-state index contributed by atoms with van der Waals surface area (Å²) in [6.45, 7) is 10.8. The lowest BCUT2D eigenvalue weighted by Crippen LogP contribution is -2.35. The van der Waals surface area contributed by atoms with Gasteiger partial charge in [-0.3, -0.25) is 4.79 Å². The first kappa shape index (κ1) is 11.6. The summed E-state index contributed by atoms with van der Waals surface area (Å²) in [7, 11) is 0. The molecule has 0 amide bonds. The Balaban J connectivity index is 2.36. The highest BCUT2D eigenvalue weighted by Crippen LogP contribution is 2.47. The predicted octanol–water partition coefficient (Wildman–Crippen LogP) is 3.76. The molecule has 0 saturated heterocycles. The zero-order valence-corrected chi connectivity index (χ0v) is 10.6. The van der Waals surface area contributed by atoms with Crippen molar-refractivity contribution in [2.75, 3.05) is 0 Å². The molecule has 1 fully saturated rings. The Morgan fingerprint density at radius 1 is 1.38 bits per heavy atom. The quantitative estimate of drug-likeness (QED) is 0.612. The summed E-state index contributed by atoms with van der Waals surface area (Å²) in [4.78, 5) is 11.7. The van der Waals surface area contributed by atoms with Crippen LogP contribution < -0.4 is 0 Å². The summed E-state index contributed by atoms with van der Waals surface area (Å²) < 4.78 is 0. The maximum atomic E-state index is 11.7. The van der Waals surface area contributed by atoms with Gasteiger partial charge >= 0.3 is 0 Å². The number of allylic oxidation sites excluding steroid dienone is 3. The molecular weight excluding hydrogens is 196 g/mol. The molecule has 0 N–H and O–H groups in total. The van der Waals surface area contributed by atoms with Crippen molar-refractivity contribution in [3.63, 3.8) is 0 Å². The van der Waals surface area contributed by atoms with Gasteiger partial charge in [-0.05, 0) is 49.5 Å². The van der Waals surface area contributed by atoms with Gasteiger partial charge in [0.25, 0.3) is 0 Å². The van der Waals surface area contributed by atoms with Crippen LogP contribution in [0.1, 0.15) is 40.0 Å². The third kappa shape index (κ3) is 1.88. The van der Waals surface area contributed by atoms with E-state index in [4.69, 9.17) is 0 Å². The SMILES string of the molecule is C=C(C)C1CCC(C)C2=CC(=O)CC(C)C21. The van der Waals surface area contributed by atoms with Gasteiger partial charge in [-0.1, -0.05) is 31.6 Å². The number of rotatable bonds is 1. The number of hydrogen-bond acceptors (Lipinski definition) is 1. The van der Waals surface area contributed by atoms with Crippen molar-refractivity contribution in [2.24, 2.45) is 23.7 Å². The summed E-state index contributed by atoms with van der Waals surface area (Å²) >= 11 is 0. The maximum absolute atomic E-state index is 11.7. The van der Waals surface area contributed by atoms with Crippen LogP contribution in [-0.4, -0.2) is 5.78 Å². The summed E-state index contributed by atoms with van der Waals surface area (Å²) in [5.74, 6) is 2.60. The van der Waals surface area contributed by atoms with E-state index in [1.807, 2.05) is 6.08 Å². The number of fused-ring (bicyclic) bond motifs is 1. The van der Waals surface area contributed by atoms with Gasteiger partial charge in [0.15, 0.2) is 5.78 Å². The van der Waals surface area contributed by atoms with Crippen molar-refractivity contribution in [2.45, 2.75) is 40.0 Å². The minimum absolute atomic E-state index is 0.327. The number of carbonyl (C=O) groups excluding carboxylic acids is 1. The van der Waals surface area contributed by atoms with Gasteiger partial charge in [-0.25, -0.2) is 0 Å². The van der Waals surface area contributed by atoms with Gasteiger partial charge in [0.2, 0.25) is 0 Å². The maximum Gasteiger partial charge on any atom is 0.155 e. The van der Waals surface area contributed by atoms with Crippen molar-refractivity contribution in [1.82, 2.24) is 0 Å². The Labute approximate surface area is 98.6 Å². The highest BCUT2D eigenvalue weighted by Gasteiger charge is 2.39. The Bertz CT molecular complexity index is 350. The first-order valence-corrected chi connectivity index (χ1v) is 6.40. The molecular formula is C15H22O. The third-order valence-electron chi connectivity index (χ3n) is 4.39. The minimum Gasteiger partial charge on any atom is -0.295 e. The van der Waals surface area contributed by atoms with Crippen LogP contribution in [-0.2, 0) is 4.79 Å².